The first-order valence-electron chi connectivity index (χ1n) is 11.5. The van der Waals surface area contributed by atoms with Gasteiger partial charge < -0.3 is 5.32 Å². The van der Waals surface area contributed by atoms with Crippen LogP contribution in [-0.4, -0.2) is 11.7 Å². The highest BCUT2D eigenvalue weighted by Gasteiger charge is 2.46. The molecule has 0 spiro atoms. The van der Waals surface area contributed by atoms with Crippen LogP contribution in [0.2, 0.25) is 5.02 Å². The molecule has 3 aromatic rings. The van der Waals surface area contributed by atoms with Crippen molar-refractivity contribution in [2.45, 2.75) is 61.5 Å². The van der Waals surface area contributed by atoms with E-state index in [-0.39, 0.29) is 10.7 Å². The highest BCUT2D eigenvalue weighted by atomic mass is 35.5. The normalized spacial score (nSPS) is 13.6. The third-order valence-electron chi connectivity index (χ3n) is 5.43. The van der Waals surface area contributed by atoms with Crippen molar-refractivity contribution in [3.63, 3.8) is 0 Å². The first kappa shape index (κ1) is 25.7. The molecule has 1 fully saturated rings. The summed E-state index contributed by atoms with van der Waals surface area (Å²) in [4.78, 5) is 15.0. The first-order chi connectivity index (χ1) is 16.0. The van der Waals surface area contributed by atoms with Gasteiger partial charge in [0.15, 0.2) is 0 Å². The van der Waals surface area contributed by atoms with Crippen molar-refractivity contribution in [1.29, 1.82) is 0 Å². The number of benzene rings is 3. The molecule has 1 saturated carbocycles. The number of carbonyl (C=O) groups is 1. The van der Waals surface area contributed by atoms with E-state index in [2.05, 4.69) is 55.6 Å². The van der Waals surface area contributed by atoms with Crippen molar-refractivity contribution in [3.05, 3.63) is 88.4 Å². The zero-order chi connectivity index (χ0) is 23.8. The number of halogens is 1. The molecular formula is C28H32ClNOS2. The average molecular weight is 498 g/mol. The summed E-state index contributed by atoms with van der Waals surface area (Å²) in [6, 6.07) is 22.6. The topological polar surface area (TPSA) is 29.1 Å². The van der Waals surface area contributed by atoms with Crippen LogP contribution in [0.3, 0.4) is 0 Å². The Hall–Kier alpha value is -1.88. The summed E-state index contributed by atoms with van der Waals surface area (Å²) in [5, 5.41) is 3.83. The van der Waals surface area contributed by atoms with E-state index in [4.69, 9.17) is 11.6 Å². The van der Waals surface area contributed by atoms with Crippen LogP contribution < -0.4 is 5.32 Å². The Morgan fingerprint density at radius 3 is 2.18 bits per heavy atom. The molecule has 1 aliphatic carbocycles. The van der Waals surface area contributed by atoms with Crippen LogP contribution in [-0.2, 0) is 16.0 Å². The van der Waals surface area contributed by atoms with Crippen molar-refractivity contribution < 1.29 is 4.79 Å². The second-order valence-electron chi connectivity index (χ2n) is 7.88. The summed E-state index contributed by atoms with van der Waals surface area (Å²) < 4.78 is 0.138. The fraction of sp³-hybridized carbons (Fsp3) is 0.321. The van der Waals surface area contributed by atoms with Crippen LogP contribution in [0.5, 0.6) is 0 Å². The quantitative estimate of drug-likeness (QED) is 0.315. The Bertz CT molecular complexity index is 1060. The molecule has 1 aliphatic rings. The number of hydrogen-bond donors (Lipinski definition) is 1. The van der Waals surface area contributed by atoms with Gasteiger partial charge in [0, 0.05) is 25.2 Å². The summed E-state index contributed by atoms with van der Waals surface area (Å²) in [5.74, 6) is 1.06. The van der Waals surface area contributed by atoms with Gasteiger partial charge in [0.05, 0.1) is 6.42 Å². The van der Waals surface area contributed by atoms with Crippen LogP contribution in [0.1, 0.15) is 50.3 Å². The van der Waals surface area contributed by atoms with Gasteiger partial charge in [0.25, 0.3) is 0 Å². The lowest BCUT2D eigenvalue weighted by Gasteiger charge is -2.19. The van der Waals surface area contributed by atoms with Crippen LogP contribution in [0.4, 0.5) is 5.69 Å². The first-order valence-corrected chi connectivity index (χ1v) is 13.7. The summed E-state index contributed by atoms with van der Waals surface area (Å²) in [5.41, 5.74) is 4.46. The van der Waals surface area contributed by atoms with Gasteiger partial charge in [-0.25, -0.2) is 0 Å². The Morgan fingerprint density at radius 2 is 1.61 bits per heavy atom. The van der Waals surface area contributed by atoms with E-state index >= 15 is 0 Å². The molecule has 0 radical (unpaired) electrons. The second-order valence-corrected chi connectivity index (χ2v) is 11.1. The SMILES string of the molecule is CC.CCSc1ccc(CC(=O)Nc2ccc(C3(Sc4ccc(Cl)cc4)CC3)c(C)c2)cc1. The zero-order valence-corrected chi connectivity index (χ0v) is 22.2. The number of thioether (sulfide) groups is 2. The summed E-state index contributed by atoms with van der Waals surface area (Å²) in [6.45, 7) is 8.28. The molecule has 0 unspecified atom stereocenters. The molecule has 0 aromatic heterocycles. The molecule has 33 heavy (non-hydrogen) atoms. The third kappa shape index (κ3) is 7.05. The lowest BCUT2D eigenvalue weighted by molar-refractivity contribution is -0.115. The van der Waals surface area contributed by atoms with Crippen LogP contribution in [0, 0.1) is 6.92 Å². The molecule has 0 bridgehead atoms. The van der Waals surface area contributed by atoms with Gasteiger partial charge in [0.1, 0.15) is 0 Å². The molecule has 0 aliphatic heterocycles. The number of anilines is 1. The highest BCUT2D eigenvalue weighted by Crippen LogP contribution is 2.60. The predicted molar refractivity (Wildman–Crippen MR) is 146 cm³/mol. The Morgan fingerprint density at radius 1 is 0.970 bits per heavy atom. The fourth-order valence-corrected chi connectivity index (χ4v) is 5.94. The average Bonchev–Trinajstić information content (AvgIpc) is 3.58. The van der Waals surface area contributed by atoms with E-state index in [0.29, 0.717) is 6.42 Å². The summed E-state index contributed by atoms with van der Waals surface area (Å²) in [7, 11) is 0. The van der Waals surface area contributed by atoms with E-state index in [1.54, 1.807) is 0 Å². The van der Waals surface area contributed by atoms with Gasteiger partial charge in [-0.15, -0.1) is 23.5 Å². The maximum Gasteiger partial charge on any atom is 0.228 e. The van der Waals surface area contributed by atoms with Gasteiger partial charge in [-0.2, -0.15) is 0 Å². The molecule has 1 amide bonds. The molecular weight excluding hydrogens is 466 g/mol. The molecule has 0 atom stereocenters. The highest BCUT2D eigenvalue weighted by molar-refractivity contribution is 8.00. The zero-order valence-electron chi connectivity index (χ0n) is 19.8. The number of rotatable bonds is 8. The summed E-state index contributed by atoms with van der Waals surface area (Å²) in [6.07, 6.45) is 2.71. The Labute approximate surface area is 211 Å². The van der Waals surface area contributed by atoms with E-state index < -0.39 is 0 Å². The largest absolute Gasteiger partial charge is 0.326 e. The van der Waals surface area contributed by atoms with Crippen molar-refractivity contribution >= 4 is 46.7 Å². The van der Waals surface area contributed by atoms with Crippen LogP contribution in [0.25, 0.3) is 0 Å². The molecule has 5 heteroatoms. The van der Waals surface area contributed by atoms with E-state index in [9.17, 15) is 4.79 Å². The van der Waals surface area contributed by atoms with E-state index in [1.807, 2.05) is 67.7 Å². The number of aryl methyl sites for hydroxylation is 1. The van der Waals surface area contributed by atoms with Gasteiger partial charge in [-0.1, -0.05) is 50.6 Å². The lowest BCUT2D eigenvalue weighted by Crippen LogP contribution is -2.15. The van der Waals surface area contributed by atoms with Crippen molar-refractivity contribution in [2.75, 3.05) is 11.1 Å². The Kier molecular flexibility index (Phi) is 9.37. The van der Waals surface area contributed by atoms with E-state index in [1.165, 1.54) is 33.8 Å². The molecule has 2 nitrogen and oxygen atoms in total. The second kappa shape index (κ2) is 12.0. The van der Waals surface area contributed by atoms with Crippen molar-refractivity contribution in [1.82, 2.24) is 0 Å². The molecule has 3 aromatic carbocycles. The smallest absolute Gasteiger partial charge is 0.228 e. The molecule has 174 valence electrons. The Balaban J connectivity index is 0.00000149. The van der Waals surface area contributed by atoms with Crippen LogP contribution in [0.15, 0.2) is 76.5 Å². The van der Waals surface area contributed by atoms with Gasteiger partial charge in [-0.3, -0.25) is 4.79 Å². The van der Waals surface area contributed by atoms with Crippen molar-refractivity contribution in [2.24, 2.45) is 0 Å². The summed E-state index contributed by atoms with van der Waals surface area (Å²) >= 11 is 9.75. The maximum absolute atomic E-state index is 12.5. The monoisotopic (exact) mass is 497 g/mol. The van der Waals surface area contributed by atoms with Gasteiger partial charge >= 0.3 is 0 Å². The molecule has 1 N–H and O–H groups in total. The van der Waals surface area contributed by atoms with Crippen LogP contribution >= 0.6 is 35.1 Å². The predicted octanol–water partition coefficient (Wildman–Crippen LogP) is 8.75. The molecule has 4 rings (SSSR count). The number of amides is 1. The lowest BCUT2D eigenvalue weighted by atomic mass is 10.0. The minimum absolute atomic E-state index is 0.0136. The standard InChI is InChI=1S/C26H26ClNOS2.C2H6/c1-3-30-22-9-4-19(5-10-22)17-25(29)28-21-8-13-24(18(2)16-21)26(14-15-26)31-23-11-6-20(27)7-12-23;1-2/h4-13,16H,3,14-15,17H2,1-2H3,(H,28,29);1-2H3. The molecule has 0 heterocycles. The number of carbonyl (C=O) groups excluding carboxylic acids is 1. The minimum atomic E-state index is 0.0136. The number of hydrogen-bond acceptors (Lipinski definition) is 3. The third-order valence-corrected chi connectivity index (χ3v) is 8.10. The fourth-order valence-electron chi connectivity index (χ4n) is 3.78. The minimum Gasteiger partial charge on any atom is -0.326 e. The van der Waals surface area contributed by atoms with Gasteiger partial charge in [0.2, 0.25) is 5.91 Å². The van der Waals surface area contributed by atoms with E-state index in [0.717, 1.165) is 22.0 Å². The van der Waals surface area contributed by atoms with Gasteiger partial charge in [-0.05, 0) is 90.7 Å². The number of nitrogens with one attached hydrogen (secondary N) is 1. The molecule has 0 saturated heterocycles. The maximum atomic E-state index is 12.5. The van der Waals surface area contributed by atoms with Crippen molar-refractivity contribution in [3.8, 4) is 0 Å².